The maximum atomic E-state index is 13.0. The number of carbonyl (C=O) groups excluding carboxylic acids is 1. The number of sulfonamides is 1. The monoisotopic (exact) mass is 390 g/mol. The van der Waals surface area contributed by atoms with Gasteiger partial charge < -0.3 is 4.90 Å². The fourth-order valence-corrected chi connectivity index (χ4v) is 4.43. The minimum absolute atomic E-state index is 0.0226. The van der Waals surface area contributed by atoms with Crippen LogP contribution >= 0.6 is 0 Å². The third-order valence-corrected chi connectivity index (χ3v) is 6.29. The lowest BCUT2D eigenvalue weighted by Crippen LogP contribution is -2.42. The van der Waals surface area contributed by atoms with Crippen molar-refractivity contribution in [3.05, 3.63) is 59.4 Å². The summed E-state index contributed by atoms with van der Waals surface area (Å²) in [6.45, 7) is 4.55. The lowest BCUT2D eigenvalue weighted by Gasteiger charge is -2.33. The van der Waals surface area contributed by atoms with Crippen molar-refractivity contribution >= 4 is 21.6 Å². The summed E-state index contributed by atoms with van der Waals surface area (Å²) in [5, 5.41) is 0. The minimum atomic E-state index is -3.83. The first kappa shape index (κ1) is 19.4. The van der Waals surface area contributed by atoms with Gasteiger partial charge in [-0.1, -0.05) is 0 Å². The molecule has 5 nitrogen and oxygen atoms in total. The summed E-state index contributed by atoms with van der Waals surface area (Å²) in [5.74, 6) is -0.529. The van der Waals surface area contributed by atoms with E-state index in [4.69, 9.17) is 0 Å². The third kappa shape index (κ3) is 4.30. The number of nitrogens with one attached hydrogen (secondary N) is 1. The van der Waals surface area contributed by atoms with Gasteiger partial charge in [0.2, 0.25) is 0 Å². The molecule has 144 valence electrons. The van der Waals surface area contributed by atoms with Gasteiger partial charge in [0.25, 0.3) is 15.9 Å². The van der Waals surface area contributed by atoms with Crippen LogP contribution in [0.1, 0.15) is 42.1 Å². The number of benzene rings is 2. The van der Waals surface area contributed by atoms with Crippen LogP contribution in [0.5, 0.6) is 0 Å². The molecule has 0 aliphatic carbocycles. The number of halogens is 1. The Kier molecular flexibility index (Phi) is 5.51. The van der Waals surface area contributed by atoms with Gasteiger partial charge in [-0.15, -0.1) is 0 Å². The first-order valence-electron chi connectivity index (χ1n) is 8.98. The van der Waals surface area contributed by atoms with Crippen molar-refractivity contribution in [1.29, 1.82) is 0 Å². The molecule has 0 aromatic heterocycles. The van der Waals surface area contributed by atoms with Crippen molar-refractivity contribution < 1.29 is 17.6 Å². The smallest absolute Gasteiger partial charge is 0.261 e. The van der Waals surface area contributed by atoms with Crippen molar-refractivity contribution in [2.24, 2.45) is 0 Å². The van der Waals surface area contributed by atoms with Gasteiger partial charge in [0.1, 0.15) is 5.82 Å². The van der Waals surface area contributed by atoms with Crippen LogP contribution in [0.15, 0.2) is 47.4 Å². The van der Waals surface area contributed by atoms with Crippen LogP contribution in [0.4, 0.5) is 10.1 Å². The second-order valence-corrected chi connectivity index (χ2v) is 8.61. The number of carbonyl (C=O) groups is 1. The summed E-state index contributed by atoms with van der Waals surface area (Å²) in [6, 6.07) is 9.77. The number of aryl methyl sites for hydroxylation is 1. The quantitative estimate of drug-likeness (QED) is 0.860. The molecule has 1 unspecified atom stereocenters. The lowest BCUT2D eigenvalue weighted by molar-refractivity contribution is 0.0635. The van der Waals surface area contributed by atoms with Crippen molar-refractivity contribution in [2.75, 3.05) is 11.3 Å². The average Bonchev–Trinajstić information content (AvgIpc) is 2.63. The number of hydrogen-bond acceptors (Lipinski definition) is 3. The van der Waals surface area contributed by atoms with Gasteiger partial charge in [0, 0.05) is 18.2 Å². The van der Waals surface area contributed by atoms with Gasteiger partial charge in [-0.25, -0.2) is 12.8 Å². The highest BCUT2D eigenvalue weighted by molar-refractivity contribution is 7.92. The molecule has 1 heterocycles. The highest BCUT2D eigenvalue weighted by atomic mass is 32.2. The zero-order chi connectivity index (χ0) is 19.6. The number of anilines is 1. The van der Waals surface area contributed by atoms with Gasteiger partial charge in [-0.3, -0.25) is 9.52 Å². The summed E-state index contributed by atoms with van der Waals surface area (Å²) in [7, 11) is -3.83. The van der Waals surface area contributed by atoms with Crippen molar-refractivity contribution in [1.82, 2.24) is 4.90 Å². The van der Waals surface area contributed by atoms with Crippen LogP contribution in [0.2, 0.25) is 0 Å². The van der Waals surface area contributed by atoms with Crippen LogP contribution < -0.4 is 4.72 Å². The van der Waals surface area contributed by atoms with E-state index in [-0.39, 0.29) is 16.8 Å². The van der Waals surface area contributed by atoms with E-state index in [1.165, 1.54) is 12.1 Å². The van der Waals surface area contributed by atoms with Crippen LogP contribution in [0.3, 0.4) is 0 Å². The molecule has 27 heavy (non-hydrogen) atoms. The summed E-state index contributed by atoms with van der Waals surface area (Å²) in [5.41, 5.74) is 1.59. The number of likely N-dealkylation sites (tertiary alicyclic amines) is 1. The van der Waals surface area contributed by atoms with Crippen LogP contribution in [0, 0.1) is 12.7 Å². The summed E-state index contributed by atoms with van der Waals surface area (Å²) < 4.78 is 40.4. The first-order chi connectivity index (χ1) is 12.8. The van der Waals surface area contributed by atoms with Gasteiger partial charge in [-0.2, -0.15) is 0 Å². The van der Waals surface area contributed by atoms with Crippen LogP contribution in [0.25, 0.3) is 0 Å². The molecule has 1 fully saturated rings. The normalized spacial score (nSPS) is 17.6. The summed E-state index contributed by atoms with van der Waals surface area (Å²) in [4.78, 5) is 14.6. The highest BCUT2D eigenvalue weighted by Crippen LogP contribution is 2.24. The van der Waals surface area contributed by atoms with Gasteiger partial charge >= 0.3 is 0 Å². The molecule has 1 amide bonds. The van der Waals surface area contributed by atoms with E-state index in [1.54, 1.807) is 25.1 Å². The van der Waals surface area contributed by atoms with Crippen LogP contribution in [-0.4, -0.2) is 31.8 Å². The molecule has 0 spiro atoms. The highest BCUT2D eigenvalue weighted by Gasteiger charge is 2.24. The molecule has 7 heteroatoms. The summed E-state index contributed by atoms with van der Waals surface area (Å²) in [6.07, 6.45) is 3.14. The third-order valence-electron chi connectivity index (χ3n) is 4.91. The number of piperidine rings is 1. The molecule has 1 aliphatic heterocycles. The van der Waals surface area contributed by atoms with Crippen molar-refractivity contribution in [3.8, 4) is 0 Å². The predicted molar refractivity (Wildman–Crippen MR) is 103 cm³/mol. The van der Waals surface area contributed by atoms with E-state index in [1.807, 2.05) is 4.90 Å². The second kappa shape index (κ2) is 7.68. The molecule has 0 bridgehead atoms. The Morgan fingerprint density at radius 3 is 2.48 bits per heavy atom. The van der Waals surface area contributed by atoms with E-state index >= 15 is 0 Å². The van der Waals surface area contributed by atoms with E-state index in [2.05, 4.69) is 11.6 Å². The van der Waals surface area contributed by atoms with E-state index in [0.29, 0.717) is 16.8 Å². The molecule has 2 aromatic carbocycles. The van der Waals surface area contributed by atoms with E-state index in [0.717, 1.165) is 37.9 Å². The van der Waals surface area contributed by atoms with Crippen molar-refractivity contribution in [2.45, 2.75) is 44.0 Å². The SMILES string of the molecule is Cc1cc(C(=O)N2CCCCC2C)ccc1NS(=O)(=O)c1ccc(F)cc1. The Morgan fingerprint density at radius 1 is 1.15 bits per heavy atom. The van der Waals surface area contributed by atoms with Gasteiger partial charge in [0.15, 0.2) is 0 Å². The standard InChI is InChI=1S/C20H23FN2O3S/c1-14-13-16(20(24)23-12-4-3-5-15(23)2)6-11-19(14)22-27(25,26)18-9-7-17(21)8-10-18/h6-11,13,15,22H,3-5,12H2,1-2H3. The Bertz CT molecular complexity index is 942. The van der Waals surface area contributed by atoms with Crippen LogP contribution in [-0.2, 0) is 10.0 Å². The lowest BCUT2D eigenvalue weighted by atomic mass is 10.0. The fourth-order valence-electron chi connectivity index (χ4n) is 3.29. The number of rotatable bonds is 4. The molecule has 1 N–H and O–H groups in total. The Balaban J connectivity index is 1.80. The number of amides is 1. The maximum absolute atomic E-state index is 13.0. The maximum Gasteiger partial charge on any atom is 0.261 e. The molecular formula is C20H23FN2O3S. The first-order valence-corrected chi connectivity index (χ1v) is 10.5. The Hall–Kier alpha value is -2.41. The van der Waals surface area contributed by atoms with Gasteiger partial charge in [-0.05, 0) is 81.1 Å². The van der Waals surface area contributed by atoms with E-state index in [9.17, 15) is 17.6 Å². The van der Waals surface area contributed by atoms with Crippen molar-refractivity contribution in [3.63, 3.8) is 0 Å². The minimum Gasteiger partial charge on any atom is -0.336 e. The number of hydrogen-bond donors (Lipinski definition) is 1. The average molecular weight is 390 g/mol. The zero-order valence-corrected chi connectivity index (χ0v) is 16.2. The molecule has 1 saturated heterocycles. The summed E-state index contributed by atoms with van der Waals surface area (Å²) >= 11 is 0. The molecule has 2 aromatic rings. The molecule has 0 saturated carbocycles. The predicted octanol–water partition coefficient (Wildman–Crippen LogP) is 3.95. The fraction of sp³-hybridized carbons (Fsp3) is 0.350. The molecule has 3 rings (SSSR count). The molecule has 1 atom stereocenters. The Labute approximate surface area is 159 Å². The van der Waals surface area contributed by atoms with Gasteiger partial charge in [0.05, 0.1) is 10.6 Å². The molecule has 0 radical (unpaired) electrons. The molecule has 1 aliphatic rings. The van der Waals surface area contributed by atoms with E-state index < -0.39 is 15.8 Å². The second-order valence-electron chi connectivity index (χ2n) is 6.93. The zero-order valence-electron chi connectivity index (χ0n) is 15.4. The molecular weight excluding hydrogens is 367 g/mol. The topological polar surface area (TPSA) is 66.5 Å². The Morgan fingerprint density at radius 2 is 1.85 bits per heavy atom. The largest absolute Gasteiger partial charge is 0.336 e. The number of nitrogens with zero attached hydrogens (tertiary/aromatic N) is 1.